The Morgan fingerprint density at radius 2 is 1.81 bits per heavy atom. The van der Waals surface area contributed by atoms with Crippen molar-refractivity contribution < 1.29 is 4.74 Å². The smallest absolute Gasteiger partial charge is 0.119 e. The fourth-order valence-corrected chi connectivity index (χ4v) is 3.81. The molecule has 1 atom stereocenters. The summed E-state index contributed by atoms with van der Waals surface area (Å²) in [6.45, 7) is 7.76. The molecule has 0 amide bonds. The topological polar surface area (TPSA) is 41.7 Å². The normalized spacial score (nSPS) is 21.0. The molecule has 2 aliphatic heterocycles. The van der Waals surface area contributed by atoms with E-state index < -0.39 is 0 Å². The summed E-state index contributed by atoms with van der Waals surface area (Å²) in [6, 6.07) is 8.91. The minimum Gasteiger partial charge on any atom is -0.494 e. The molecule has 2 heterocycles. The lowest BCUT2D eigenvalue weighted by Gasteiger charge is -2.26. The van der Waals surface area contributed by atoms with Gasteiger partial charge in [0.2, 0.25) is 0 Å². The van der Waals surface area contributed by atoms with Crippen molar-refractivity contribution in [2.24, 2.45) is 5.73 Å². The minimum absolute atomic E-state index is 0. The number of rotatable bonds is 8. The van der Waals surface area contributed by atoms with Gasteiger partial charge in [0, 0.05) is 25.7 Å². The first kappa shape index (κ1) is 23.5. The highest BCUT2D eigenvalue weighted by Crippen LogP contribution is 2.18. The number of piperidine rings is 1. The Hall–Kier alpha value is -0.520. The summed E-state index contributed by atoms with van der Waals surface area (Å²) in [7, 11) is 0. The first-order valence-electron chi connectivity index (χ1n) is 9.71. The van der Waals surface area contributed by atoms with Crippen LogP contribution in [0.1, 0.15) is 44.1 Å². The maximum absolute atomic E-state index is 5.99. The highest BCUT2D eigenvalue weighted by Gasteiger charge is 2.18. The second-order valence-corrected chi connectivity index (χ2v) is 7.39. The van der Waals surface area contributed by atoms with Gasteiger partial charge in [-0.3, -0.25) is 4.90 Å². The van der Waals surface area contributed by atoms with E-state index in [1.807, 2.05) is 0 Å². The highest BCUT2D eigenvalue weighted by atomic mass is 35.5. The third kappa shape index (κ3) is 8.01. The number of hydrogen-bond acceptors (Lipinski definition) is 4. The summed E-state index contributed by atoms with van der Waals surface area (Å²) in [5.74, 6) is 1.01. The number of ether oxygens (including phenoxy) is 1. The lowest BCUT2D eigenvalue weighted by Crippen LogP contribution is -2.30. The average molecular weight is 404 g/mol. The first-order valence-corrected chi connectivity index (χ1v) is 9.71. The number of likely N-dealkylation sites (tertiary alicyclic amines) is 2. The molecule has 0 spiro atoms. The molecule has 2 N–H and O–H groups in total. The molecule has 1 aromatic carbocycles. The minimum atomic E-state index is 0. The van der Waals surface area contributed by atoms with Gasteiger partial charge in [-0.25, -0.2) is 0 Å². The molecule has 0 aliphatic carbocycles. The van der Waals surface area contributed by atoms with E-state index in [4.69, 9.17) is 10.5 Å². The molecule has 4 nitrogen and oxygen atoms in total. The van der Waals surface area contributed by atoms with Crippen LogP contribution in [0.5, 0.6) is 5.75 Å². The van der Waals surface area contributed by atoms with Gasteiger partial charge in [0.1, 0.15) is 5.75 Å². The molecule has 3 rings (SSSR count). The second kappa shape index (κ2) is 12.8. The average Bonchev–Trinajstić information content (AvgIpc) is 3.01. The highest BCUT2D eigenvalue weighted by molar-refractivity contribution is 5.85. The van der Waals surface area contributed by atoms with Crippen molar-refractivity contribution in [1.29, 1.82) is 0 Å². The summed E-state index contributed by atoms with van der Waals surface area (Å²) < 4.78 is 5.96. The van der Waals surface area contributed by atoms with Crippen LogP contribution in [0.3, 0.4) is 0 Å². The van der Waals surface area contributed by atoms with Crippen LogP contribution in [0.2, 0.25) is 0 Å². The van der Waals surface area contributed by atoms with E-state index >= 15 is 0 Å². The summed E-state index contributed by atoms with van der Waals surface area (Å²) in [4.78, 5) is 5.03. The van der Waals surface area contributed by atoms with E-state index in [0.717, 1.165) is 44.8 Å². The van der Waals surface area contributed by atoms with Crippen molar-refractivity contribution in [3.05, 3.63) is 29.8 Å². The van der Waals surface area contributed by atoms with Crippen molar-refractivity contribution in [3.63, 3.8) is 0 Å². The van der Waals surface area contributed by atoms with Crippen LogP contribution in [0.25, 0.3) is 0 Å². The van der Waals surface area contributed by atoms with Crippen LogP contribution < -0.4 is 10.5 Å². The summed E-state index contributed by atoms with van der Waals surface area (Å²) >= 11 is 0. The van der Waals surface area contributed by atoms with Crippen LogP contribution in [-0.2, 0) is 6.54 Å². The molecule has 150 valence electrons. The van der Waals surface area contributed by atoms with Crippen LogP contribution in [0, 0.1) is 0 Å². The van der Waals surface area contributed by atoms with Gasteiger partial charge in [0.05, 0.1) is 6.61 Å². The van der Waals surface area contributed by atoms with Gasteiger partial charge in [-0.1, -0.05) is 18.6 Å². The number of benzene rings is 1. The zero-order chi connectivity index (χ0) is 16.6. The van der Waals surface area contributed by atoms with Gasteiger partial charge in [-0.2, -0.15) is 0 Å². The molecule has 2 fully saturated rings. The number of unbranched alkanes of at least 4 members (excludes halogenated alkanes) is 1. The molecule has 0 unspecified atom stereocenters. The summed E-state index contributed by atoms with van der Waals surface area (Å²) in [5.41, 5.74) is 7.32. The predicted molar refractivity (Wildman–Crippen MR) is 114 cm³/mol. The molecule has 2 saturated heterocycles. The lowest BCUT2D eigenvalue weighted by molar-refractivity contribution is 0.216. The van der Waals surface area contributed by atoms with E-state index in [0.29, 0.717) is 6.04 Å². The lowest BCUT2D eigenvalue weighted by atomic mass is 10.1. The van der Waals surface area contributed by atoms with E-state index in [-0.39, 0.29) is 24.8 Å². The Balaban J connectivity index is 0.00000169. The van der Waals surface area contributed by atoms with E-state index in [1.165, 1.54) is 50.9 Å². The molecule has 6 heteroatoms. The zero-order valence-corrected chi connectivity index (χ0v) is 17.4. The number of hydrogen-bond donors (Lipinski definition) is 1. The molecule has 0 bridgehead atoms. The Labute approximate surface area is 171 Å². The Kier molecular flexibility index (Phi) is 11.6. The van der Waals surface area contributed by atoms with Crippen LogP contribution in [-0.4, -0.2) is 55.2 Å². The number of halogens is 2. The Bertz CT molecular complexity index is 498. The molecular formula is C20H35Cl2N3O. The zero-order valence-electron chi connectivity index (χ0n) is 15.8. The Morgan fingerprint density at radius 1 is 1.00 bits per heavy atom. The van der Waals surface area contributed by atoms with Crippen LogP contribution in [0.15, 0.2) is 24.3 Å². The van der Waals surface area contributed by atoms with E-state index in [2.05, 4.69) is 34.1 Å². The largest absolute Gasteiger partial charge is 0.494 e. The monoisotopic (exact) mass is 403 g/mol. The van der Waals surface area contributed by atoms with Gasteiger partial charge in [0.15, 0.2) is 0 Å². The van der Waals surface area contributed by atoms with E-state index in [9.17, 15) is 0 Å². The SMILES string of the molecule is Cl.Cl.N[C@H]1CCN(Cc2cccc(OCCCCN3CCCCC3)c2)C1. The molecule has 2 aliphatic rings. The first-order chi connectivity index (χ1) is 11.8. The quantitative estimate of drug-likeness (QED) is 0.671. The molecule has 0 radical (unpaired) electrons. The number of nitrogens with zero attached hydrogens (tertiary/aromatic N) is 2. The molecule has 0 saturated carbocycles. The van der Waals surface area contributed by atoms with Crippen molar-refractivity contribution in [2.45, 2.75) is 51.1 Å². The summed E-state index contributed by atoms with van der Waals surface area (Å²) in [6.07, 6.45) is 7.68. The molecule has 0 aromatic heterocycles. The van der Waals surface area contributed by atoms with Gasteiger partial charge >= 0.3 is 0 Å². The predicted octanol–water partition coefficient (Wildman–Crippen LogP) is 3.71. The fraction of sp³-hybridized carbons (Fsp3) is 0.700. The molecule has 26 heavy (non-hydrogen) atoms. The fourth-order valence-electron chi connectivity index (χ4n) is 3.81. The van der Waals surface area contributed by atoms with Gasteiger partial charge in [0.25, 0.3) is 0 Å². The third-order valence-electron chi connectivity index (χ3n) is 5.20. The maximum atomic E-state index is 5.99. The Morgan fingerprint density at radius 3 is 2.54 bits per heavy atom. The van der Waals surface area contributed by atoms with Crippen molar-refractivity contribution in [2.75, 3.05) is 39.3 Å². The van der Waals surface area contributed by atoms with Gasteiger partial charge in [-0.15, -0.1) is 24.8 Å². The molecular weight excluding hydrogens is 369 g/mol. The van der Waals surface area contributed by atoms with Gasteiger partial charge < -0.3 is 15.4 Å². The van der Waals surface area contributed by atoms with Crippen LogP contribution >= 0.6 is 24.8 Å². The second-order valence-electron chi connectivity index (χ2n) is 7.39. The maximum Gasteiger partial charge on any atom is 0.119 e. The molecule has 1 aromatic rings. The van der Waals surface area contributed by atoms with Crippen molar-refractivity contribution in [1.82, 2.24) is 9.80 Å². The summed E-state index contributed by atoms with van der Waals surface area (Å²) in [5, 5.41) is 0. The van der Waals surface area contributed by atoms with Gasteiger partial charge in [-0.05, 0) is 69.4 Å². The van der Waals surface area contributed by atoms with Crippen molar-refractivity contribution >= 4 is 24.8 Å². The van der Waals surface area contributed by atoms with Crippen LogP contribution in [0.4, 0.5) is 0 Å². The number of nitrogens with two attached hydrogens (primary N) is 1. The standard InChI is InChI=1S/C20H33N3O.2ClH/c21-19-9-13-23(17-19)16-18-7-6-8-20(15-18)24-14-5-4-12-22-10-2-1-3-11-22;;/h6-8,15,19H,1-5,9-14,16-17,21H2;2*1H/t19-;;/m0../s1. The van der Waals surface area contributed by atoms with Crippen molar-refractivity contribution in [3.8, 4) is 5.75 Å². The third-order valence-corrected chi connectivity index (χ3v) is 5.20. The van der Waals surface area contributed by atoms with E-state index in [1.54, 1.807) is 0 Å².